The Labute approximate surface area is 133 Å². The van der Waals surface area contributed by atoms with Gasteiger partial charge in [-0.25, -0.2) is 0 Å². The first-order chi connectivity index (χ1) is 9.95. The number of benzene rings is 2. The molecule has 2 aromatic carbocycles. The largest absolute Gasteiger partial charge is 0.491 e. The summed E-state index contributed by atoms with van der Waals surface area (Å²) in [7, 11) is 0. The Kier molecular flexibility index (Phi) is 5.10. The van der Waals surface area contributed by atoms with Gasteiger partial charge in [0.25, 0.3) is 5.91 Å². The predicted octanol–water partition coefficient (Wildman–Crippen LogP) is 5.03. The average molecular weight is 324 g/mol. The van der Waals surface area contributed by atoms with E-state index < -0.39 is 0 Å². The molecular weight excluding hydrogens is 309 g/mol. The lowest BCUT2D eigenvalue weighted by molar-refractivity contribution is 0.102. The van der Waals surface area contributed by atoms with E-state index in [1.807, 2.05) is 13.8 Å². The maximum atomic E-state index is 12.2. The van der Waals surface area contributed by atoms with Crippen LogP contribution in [0.2, 0.25) is 10.0 Å². The maximum absolute atomic E-state index is 12.2. The molecule has 2 rings (SSSR count). The zero-order valence-corrected chi connectivity index (χ0v) is 13.2. The van der Waals surface area contributed by atoms with Gasteiger partial charge in [0.2, 0.25) is 0 Å². The second kappa shape index (κ2) is 6.83. The molecule has 0 spiro atoms. The molecule has 1 N–H and O–H groups in total. The molecule has 0 heterocycles. The monoisotopic (exact) mass is 323 g/mol. The maximum Gasteiger partial charge on any atom is 0.255 e. The summed E-state index contributed by atoms with van der Waals surface area (Å²) in [6.07, 6.45) is 0.0925. The Morgan fingerprint density at radius 1 is 1.10 bits per heavy atom. The summed E-state index contributed by atoms with van der Waals surface area (Å²) >= 11 is 11.9. The smallest absolute Gasteiger partial charge is 0.255 e. The Hall–Kier alpha value is -1.71. The molecule has 2 aromatic rings. The topological polar surface area (TPSA) is 38.3 Å². The number of amides is 1. The van der Waals surface area contributed by atoms with Crippen LogP contribution in [0.25, 0.3) is 0 Å². The Morgan fingerprint density at radius 2 is 1.76 bits per heavy atom. The molecule has 0 aliphatic rings. The van der Waals surface area contributed by atoms with Gasteiger partial charge in [-0.15, -0.1) is 0 Å². The van der Waals surface area contributed by atoms with Gasteiger partial charge in [-0.1, -0.05) is 23.2 Å². The van der Waals surface area contributed by atoms with Crippen LogP contribution in [0.15, 0.2) is 42.5 Å². The minimum Gasteiger partial charge on any atom is -0.491 e. The number of hydrogen-bond donors (Lipinski definition) is 1. The third-order valence-electron chi connectivity index (χ3n) is 2.66. The van der Waals surface area contributed by atoms with Gasteiger partial charge in [0.05, 0.1) is 16.8 Å². The van der Waals surface area contributed by atoms with Crippen LogP contribution in [0.5, 0.6) is 5.75 Å². The number of carbonyl (C=O) groups excluding carboxylic acids is 1. The SMILES string of the molecule is CC(C)Oc1ccc(C(=O)Nc2cc(Cl)ccc2Cl)cc1. The van der Waals surface area contributed by atoms with Crippen molar-refractivity contribution < 1.29 is 9.53 Å². The standard InChI is InChI=1S/C16H15Cl2NO2/c1-10(2)21-13-6-3-11(4-7-13)16(20)19-15-9-12(17)5-8-14(15)18/h3-10H,1-2H3,(H,19,20). The molecule has 0 aliphatic heterocycles. The summed E-state index contributed by atoms with van der Waals surface area (Å²) in [5, 5.41) is 3.68. The zero-order chi connectivity index (χ0) is 15.4. The predicted molar refractivity (Wildman–Crippen MR) is 86.6 cm³/mol. The molecule has 0 saturated heterocycles. The van der Waals surface area contributed by atoms with E-state index in [4.69, 9.17) is 27.9 Å². The zero-order valence-electron chi connectivity index (χ0n) is 11.7. The normalized spacial score (nSPS) is 10.5. The number of rotatable bonds is 4. The summed E-state index contributed by atoms with van der Waals surface area (Å²) in [6, 6.07) is 11.8. The summed E-state index contributed by atoms with van der Waals surface area (Å²) in [5.74, 6) is 0.470. The van der Waals surface area contributed by atoms with Crippen molar-refractivity contribution in [3.8, 4) is 5.75 Å². The first kappa shape index (κ1) is 15.7. The average Bonchev–Trinajstić information content (AvgIpc) is 2.43. The molecule has 110 valence electrons. The molecule has 21 heavy (non-hydrogen) atoms. The van der Waals surface area contributed by atoms with Crippen LogP contribution in [-0.4, -0.2) is 12.0 Å². The lowest BCUT2D eigenvalue weighted by Crippen LogP contribution is -2.12. The molecule has 0 atom stereocenters. The highest BCUT2D eigenvalue weighted by molar-refractivity contribution is 6.35. The van der Waals surface area contributed by atoms with Gasteiger partial charge in [-0.05, 0) is 56.3 Å². The number of hydrogen-bond acceptors (Lipinski definition) is 2. The number of ether oxygens (including phenoxy) is 1. The van der Waals surface area contributed by atoms with Crippen molar-refractivity contribution in [2.75, 3.05) is 5.32 Å². The molecule has 3 nitrogen and oxygen atoms in total. The van der Waals surface area contributed by atoms with Crippen molar-refractivity contribution in [2.24, 2.45) is 0 Å². The molecule has 0 fully saturated rings. The van der Waals surface area contributed by atoms with Gasteiger partial charge < -0.3 is 10.1 Å². The second-order valence-corrected chi connectivity index (χ2v) is 5.61. The molecule has 0 aliphatic carbocycles. The number of halogens is 2. The molecule has 0 radical (unpaired) electrons. The molecule has 0 aromatic heterocycles. The first-order valence-electron chi connectivity index (χ1n) is 6.49. The Morgan fingerprint density at radius 3 is 2.38 bits per heavy atom. The molecule has 0 unspecified atom stereocenters. The van der Waals surface area contributed by atoms with Crippen LogP contribution in [0.3, 0.4) is 0 Å². The van der Waals surface area contributed by atoms with E-state index in [1.54, 1.807) is 42.5 Å². The highest BCUT2D eigenvalue weighted by Gasteiger charge is 2.09. The van der Waals surface area contributed by atoms with E-state index in [2.05, 4.69) is 5.32 Å². The molecule has 0 bridgehead atoms. The summed E-state index contributed by atoms with van der Waals surface area (Å²) in [6.45, 7) is 3.89. The summed E-state index contributed by atoms with van der Waals surface area (Å²) in [4.78, 5) is 12.2. The van der Waals surface area contributed by atoms with Crippen LogP contribution in [0.1, 0.15) is 24.2 Å². The Balaban J connectivity index is 2.11. The summed E-state index contributed by atoms with van der Waals surface area (Å²) in [5.41, 5.74) is 0.999. The van der Waals surface area contributed by atoms with Gasteiger partial charge in [0.1, 0.15) is 5.75 Å². The molecule has 0 saturated carbocycles. The highest BCUT2D eigenvalue weighted by atomic mass is 35.5. The second-order valence-electron chi connectivity index (χ2n) is 4.77. The highest BCUT2D eigenvalue weighted by Crippen LogP contribution is 2.26. The lowest BCUT2D eigenvalue weighted by atomic mass is 10.2. The van der Waals surface area contributed by atoms with E-state index >= 15 is 0 Å². The van der Waals surface area contributed by atoms with Gasteiger partial charge in [-0.2, -0.15) is 0 Å². The van der Waals surface area contributed by atoms with Crippen molar-refractivity contribution in [3.63, 3.8) is 0 Å². The van der Waals surface area contributed by atoms with Gasteiger partial charge in [-0.3, -0.25) is 4.79 Å². The molecule has 1 amide bonds. The minimum atomic E-state index is -0.254. The van der Waals surface area contributed by atoms with Crippen LogP contribution >= 0.6 is 23.2 Å². The van der Waals surface area contributed by atoms with Crippen molar-refractivity contribution in [2.45, 2.75) is 20.0 Å². The van der Waals surface area contributed by atoms with E-state index in [0.29, 0.717) is 21.3 Å². The van der Waals surface area contributed by atoms with Gasteiger partial charge in [0, 0.05) is 10.6 Å². The Bertz CT molecular complexity index is 639. The molecular formula is C16H15Cl2NO2. The van der Waals surface area contributed by atoms with Crippen LogP contribution in [-0.2, 0) is 0 Å². The molecule has 5 heteroatoms. The number of nitrogens with one attached hydrogen (secondary N) is 1. The third kappa shape index (κ3) is 4.38. The third-order valence-corrected chi connectivity index (χ3v) is 3.23. The van der Waals surface area contributed by atoms with Gasteiger partial charge >= 0.3 is 0 Å². The fourth-order valence-corrected chi connectivity index (χ4v) is 2.08. The van der Waals surface area contributed by atoms with Crippen molar-refractivity contribution in [1.82, 2.24) is 0 Å². The van der Waals surface area contributed by atoms with E-state index in [1.165, 1.54) is 0 Å². The number of carbonyl (C=O) groups is 1. The fraction of sp³-hybridized carbons (Fsp3) is 0.188. The van der Waals surface area contributed by atoms with E-state index in [9.17, 15) is 4.79 Å². The van der Waals surface area contributed by atoms with Crippen LogP contribution in [0, 0.1) is 0 Å². The van der Waals surface area contributed by atoms with Crippen molar-refractivity contribution in [1.29, 1.82) is 0 Å². The van der Waals surface area contributed by atoms with Crippen molar-refractivity contribution in [3.05, 3.63) is 58.1 Å². The van der Waals surface area contributed by atoms with Crippen LogP contribution < -0.4 is 10.1 Å². The van der Waals surface area contributed by atoms with Crippen molar-refractivity contribution >= 4 is 34.8 Å². The summed E-state index contributed by atoms with van der Waals surface area (Å²) < 4.78 is 5.53. The quantitative estimate of drug-likeness (QED) is 0.856. The van der Waals surface area contributed by atoms with E-state index in [-0.39, 0.29) is 12.0 Å². The van der Waals surface area contributed by atoms with Crippen LogP contribution in [0.4, 0.5) is 5.69 Å². The van der Waals surface area contributed by atoms with E-state index in [0.717, 1.165) is 5.75 Å². The first-order valence-corrected chi connectivity index (χ1v) is 7.24. The van der Waals surface area contributed by atoms with Gasteiger partial charge in [0.15, 0.2) is 0 Å². The fourth-order valence-electron chi connectivity index (χ4n) is 1.74. The minimum absolute atomic E-state index is 0.0925. The lowest BCUT2D eigenvalue weighted by Gasteiger charge is -2.11. The number of anilines is 1.